The van der Waals surface area contributed by atoms with E-state index in [1.54, 1.807) is 25.1 Å². The van der Waals surface area contributed by atoms with Crippen molar-refractivity contribution in [3.8, 4) is 5.75 Å². The predicted octanol–water partition coefficient (Wildman–Crippen LogP) is 2.67. The van der Waals surface area contributed by atoms with E-state index >= 15 is 0 Å². The van der Waals surface area contributed by atoms with Crippen LogP contribution in [-0.2, 0) is 32.0 Å². The second-order valence-electron chi connectivity index (χ2n) is 12.2. The van der Waals surface area contributed by atoms with Gasteiger partial charge in [-0.25, -0.2) is 0 Å². The molecular formula is C31H41ClN4O6. The number of rotatable bonds is 8. The first kappa shape index (κ1) is 30.7. The maximum Gasteiger partial charge on any atom is 0.233 e. The summed E-state index contributed by atoms with van der Waals surface area (Å²) in [6.07, 6.45) is 5.69. The molecule has 10 nitrogen and oxygen atoms in total. The van der Waals surface area contributed by atoms with Gasteiger partial charge in [0.2, 0.25) is 5.91 Å². The molecule has 0 spiro atoms. The second-order valence-corrected chi connectivity index (χ2v) is 12.6. The lowest BCUT2D eigenvalue weighted by molar-refractivity contribution is -0.142. The Kier molecular flexibility index (Phi) is 8.55. The number of aliphatic imine (C=N–C) groups is 1. The minimum absolute atomic E-state index is 0.123. The van der Waals surface area contributed by atoms with Crippen LogP contribution in [0.15, 0.2) is 22.4 Å². The number of benzene rings is 1. The zero-order chi connectivity index (χ0) is 30.5. The number of primary amides is 1. The number of ether oxygens (including phenoxy) is 2. The average Bonchev–Trinajstić information content (AvgIpc) is 3.46. The molecule has 5 atom stereocenters. The monoisotopic (exact) mass is 600 g/mol. The number of nitrogens with zero attached hydrogens (tertiary/aromatic N) is 2. The summed E-state index contributed by atoms with van der Waals surface area (Å²) in [5.41, 5.74) is 6.20. The number of ketones is 2. The van der Waals surface area contributed by atoms with Crippen LogP contribution in [-0.4, -0.2) is 86.7 Å². The highest BCUT2D eigenvalue weighted by molar-refractivity contribution is 6.33. The van der Waals surface area contributed by atoms with Gasteiger partial charge in [-0.3, -0.25) is 24.3 Å². The van der Waals surface area contributed by atoms with E-state index in [1.807, 2.05) is 0 Å². The molecule has 1 amide bonds. The Morgan fingerprint density at radius 1 is 1.26 bits per heavy atom. The van der Waals surface area contributed by atoms with Crippen molar-refractivity contribution in [2.75, 3.05) is 41.9 Å². The second kappa shape index (κ2) is 11.7. The van der Waals surface area contributed by atoms with Gasteiger partial charge in [-0.1, -0.05) is 24.4 Å². The maximum absolute atomic E-state index is 14.3. The molecule has 2 fully saturated rings. The van der Waals surface area contributed by atoms with E-state index < -0.39 is 35.2 Å². The number of fused-ring (bicyclic) bond motifs is 3. The topological polar surface area (TPSA) is 144 Å². The van der Waals surface area contributed by atoms with Gasteiger partial charge in [0.25, 0.3) is 0 Å². The highest BCUT2D eigenvalue weighted by Gasteiger charge is 2.66. The standard InChI is InChI=1S/C31H41ClN4O6/c1-34-28-23(30(33)40)27(39)25(36(2)3)19-11-16-10-18-22(26(38)21(16)29(41-4)31(19,28)42-5)20(37)12-17(24(18)32)14-35-13-15-8-6-7-9-15/h12,15-16,19,23,25,35,37H,6-11,13-14H2,1-5H3,(H2,33,40). The number of hydrogen-bond acceptors (Lipinski definition) is 9. The van der Waals surface area contributed by atoms with E-state index in [4.69, 9.17) is 26.8 Å². The van der Waals surface area contributed by atoms with Crippen molar-refractivity contribution in [2.45, 2.75) is 56.7 Å². The minimum atomic E-state index is -1.49. The van der Waals surface area contributed by atoms with Gasteiger partial charge in [-0.2, -0.15) is 0 Å². The fourth-order valence-electron chi connectivity index (χ4n) is 8.13. The molecule has 4 aliphatic rings. The van der Waals surface area contributed by atoms with Gasteiger partial charge in [0.15, 0.2) is 17.2 Å². The first-order chi connectivity index (χ1) is 20.0. The van der Waals surface area contributed by atoms with Gasteiger partial charge < -0.3 is 25.6 Å². The Morgan fingerprint density at radius 2 is 1.95 bits per heavy atom. The zero-order valence-electron chi connectivity index (χ0n) is 25.0. The summed E-state index contributed by atoms with van der Waals surface area (Å²) in [4.78, 5) is 46.9. The highest BCUT2D eigenvalue weighted by Crippen LogP contribution is 2.55. The normalized spacial score (nSPS) is 30.5. The van der Waals surface area contributed by atoms with Crippen LogP contribution in [0.4, 0.5) is 0 Å². The Labute approximate surface area is 251 Å². The molecule has 0 saturated heterocycles. The van der Waals surface area contributed by atoms with E-state index in [9.17, 15) is 19.5 Å². The number of nitrogens with two attached hydrogens (primary N) is 1. The summed E-state index contributed by atoms with van der Waals surface area (Å²) in [6.45, 7) is 1.37. The molecule has 5 rings (SSSR count). The largest absolute Gasteiger partial charge is 0.507 e. The molecule has 1 aromatic rings. The van der Waals surface area contributed by atoms with Crippen molar-refractivity contribution in [1.29, 1.82) is 0 Å². The number of carbonyl (C=O) groups excluding carboxylic acids is 3. The lowest BCUT2D eigenvalue weighted by atomic mass is 9.55. The Hall–Kier alpha value is -2.79. The van der Waals surface area contributed by atoms with E-state index in [1.165, 1.54) is 47.0 Å². The summed E-state index contributed by atoms with van der Waals surface area (Å²) >= 11 is 6.95. The molecule has 4 aliphatic carbocycles. The molecule has 0 aromatic heterocycles. The predicted molar refractivity (Wildman–Crippen MR) is 159 cm³/mol. The number of carbonyl (C=O) groups is 3. The Balaban J connectivity index is 1.63. The number of amides is 1. The van der Waals surface area contributed by atoms with Crippen molar-refractivity contribution in [3.63, 3.8) is 0 Å². The number of phenolic OH excluding ortho intramolecular Hbond substituents is 1. The lowest BCUT2D eigenvalue weighted by Gasteiger charge is -2.55. The Morgan fingerprint density at radius 3 is 2.52 bits per heavy atom. The fourth-order valence-corrected chi connectivity index (χ4v) is 8.42. The molecule has 42 heavy (non-hydrogen) atoms. The molecule has 11 heteroatoms. The van der Waals surface area contributed by atoms with Gasteiger partial charge in [-0.15, -0.1) is 0 Å². The third kappa shape index (κ3) is 4.58. The number of Topliss-reactive ketones (excluding diaryl/α,β-unsaturated/α-hetero) is 2. The first-order valence-electron chi connectivity index (χ1n) is 14.6. The summed E-state index contributed by atoms with van der Waals surface area (Å²) in [5, 5.41) is 15.1. The molecule has 4 N–H and O–H groups in total. The summed E-state index contributed by atoms with van der Waals surface area (Å²) in [5.74, 6) is -3.19. The summed E-state index contributed by atoms with van der Waals surface area (Å²) in [6, 6.07) is 0.806. The van der Waals surface area contributed by atoms with E-state index in [0.29, 0.717) is 41.5 Å². The summed E-state index contributed by atoms with van der Waals surface area (Å²) < 4.78 is 12.2. The third-order valence-electron chi connectivity index (χ3n) is 9.83. The number of nitrogens with one attached hydrogen (secondary N) is 1. The number of halogens is 1. The molecule has 0 aliphatic heterocycles. The number of methoxy groups -OCH3 is 2. The van der Waals surface area contributed by atoms with Crippen LogP contribution in [0.3, 0.4) is 0 Å². The van der Waals surface area contributed by atoms with Crippen LogP contribution in [0.25, 0.3) is 0 Å². The fraction of sp³-hybridized carbons (Fsp3) is 0.613. The molecular weight excluding hydrogens is 560 g/mol. The van der Waals surface area contributed by atoms with Crippen LogP contribution in [0.2, 0.25) is 5.02 Å². The van der Waals surface area contributed by atoms with Gasteiger partial charge in [0, 0.05) is 37.2 Å². The SMILES string of the molecule is CN=C1C(C(N)=O)C(=O)C(N(C)C)C2CC3Cc4c(Cl)c(CNCC5CCCC5)cc(O)c4C(=O)C3=C(OC)C12OC. The van der Waals surface area contributed by atoms with Crippen LogP contribution >= 0.6 is 11.6 Å². The van der Waals surface area contributed by atoms with Crippen molar-refractivity contribution < 1.29 is 29.0 Å². The molecule has 0 radical (unpaired) electrons. The number of aromatic hydroxyl groups is 1. The molecule has 0 heterocycles. The van der Waals surface area contributed by atoms with E-state index in [2.05, 4.69) is 10.3 Å². The number of likely N-dealkylation sites (N-methyl/N-ethyl adjacent to an activating group) is 1. The lowest BCUT2D eigenvalue weighted by Crippen LogP contribution is -2.70. The molecule has 0 bridgehead atoms. The average molecular weight is 601 g/mol. The van der Waals surface area contributed by atoms with Crippen molar-refractivity contribution in [1.82, 2.24) is 10.2 Å². The zero-order valence-corrected chi connectivity index (χ0v) is 25.7. The van der Waals surface area contributed by atoms with Crippen molar-refractivity contribution >= 4 is 34.8 Å². The Bertz CT molecular complexity index is 1370. The smallest absolute Gasteiger partial charge is 0.233 e. The molecule has 2 saturated carbocycles. The van der Waals surface area contributed by atoms with Gasteiger partial charge >= 0.3 is 0 Å². The number of phenols is 1. The van der Waals surface area contributed by atoms with Crippen LogP contribution in [0.1, 0.15) is 53.6 Å². The maximum atomic E-state index is 14.3. The number of allylic oxidation sites excluding steroid dienone is 1. The van der Waals surface area contributed by atoms with Crippen LogP contribution < -0.4 is 11.1 Å². The first-order valence-corrected chi connectivity index (χ1v) is 15.0. The number of hydrogen-bond donors (Lipinski definition) is 3. The van der Waals surface area contributed by atoms with Crippen LogP contribution in [0, 0.1) is 23.7 Å². The van der Waals surface area contributed by atoms with Crippen molar-refractivity contribution in [2.24, 2.45) is 34.4 Å². The van der Waals surface area contributed by atoms with E-state index in [0.717, 1.165) is 12.1 Å². The summed E-state index contributed by atoms with van der Waals surface area (Å²) in [7, 11) is 7.90. The van der Waals surface area contributed by atoms with Gasteiger partial charge in [-0.05, 0) is 75.4 Å². The minimum Gasteiger partial charge on any atom is -0.507 e. The third-order valence-corrected chi connectivity index (χ3v) is 10.3. The quantitative estimate of drug-likeness (QED) is 0.387. The highest BCUT2D eigenvalue weighted by atomic mass is 35.5. The van der Waals surface area contributed by atoms with Gasteiger partial charge in [0.05, 0.1) is 24.4 Å². The van der Waals surface area contributed by atoms with Crippen LogP contribution in [0.5, 0.6) is 5.75 Å². The molecule has 228 valence electrons. The van der Waals surface area contributed by atoms with Gasteiger partial charge in [0.1, 0.15) is 17.4 Å². The molecule has 5 unspecified atom stereocenters. The van der Waals surface area contributed by atoms with Crippen molar-refractivity contribution in [3.05, 3.63) is 39.1 Å². The molecule has 1 aromatic carbocycles. The van der Waals surface area contributed by atoms with E-state index in [-0.39, 0.29) is 34.5 Å².